The van der Waals surface area contributed by atoms with Gasteiger partial charge in [-0.2, -0.15) is 8.78 Å². The van der Waals surface area contributed by atoms with Gasteiger partial charge in [-0.15, -0.1) is 0 Å². The van der Waals surface area contributed by atoms with Gasteiger partial charge in [-0.1, -0.05) is 42.5 Å². The van der Waals surface area contributed by atoms with Gasteiger partial charge in [0.05, 0.1) is 18.0 Å². The second-order valence-corrected chi connectivity index (χ2v) is 8.70. The van der Waals surface area contributed by atoms with Crippen LogP contribution in [-0.4, -0.2) is 40.5 Å². The van der Waals surface area contributed by atoms with E-state index in [2.05, 4.69) is 4.98 Å². The smallest absolute Gasteiger partial charge is 0.387 e. The number of ether oxygens (including phenoxy) is 2. The van der Waals surface area contributed by atoms with Gasteiger partial charge in [-0.25, -0.2) is 9.37 Å². The summed E-state index contributed by atoms with van der Waals surface area (Å²) in [6.07, 6.45) is 1.47. The Morgan fingerprint density at radius 2 is 1.97 bits per heavy atom. The Kier molecular flexibility index (Phi) is 6.40. The summed E-state index contributed by atoms with van der Waals surface area (Å²) in [5.41, 5.74) is 4.16. The monoisotopic (exact) mass is 495 g/mol. The standard InChI is InChI=1S/C27H24F3N3O3/c1-16(34)32(2)14-17-7-9-18(10-8-17)20-15-33-24(13-21(20)28)31-22-11-12-35-26(25(22)33)19-5-3-4-6-23(19)36-27(29)30/h3-10,13,15,26-27H,11-12,14H2,1-2H3/t26-/m1/s1. The maximum atomic E-state index is 15.2. The first-order chi connectivity index (χ1) is 17.3. The van der Waals surface area contributed by atoms with Gasteiger partial charge in [0.25, 0.3) is 0 Å². The Bertz CT molecular complexity index is 1420. The molecular weight excluding hydrogens is 471 g/mol. The number of nitrogens with zero attached hydrogens (tertiary/aromatic N) is 3. The van der Waals surface area contributed by atoms with Crippen molar-refractivity contribution >= 4 is 11.6 Å². The summed E-state index contributed by atoms with van der Waals surface area (Å²) in [4.78, 5) is 17.7. The maximum absolute atomic E-state index is 15.2. The van der Waals surface area contributed by atoms with Crippen molar-refractivity contribution in [3.05, 3.63) is 89.1 Å². The first-order valence-electron chi connectivity index (χ1n) is 11.5. The highest BCUT2D eigenvalue weighted by atomic mass is 19.3. The molecule has 5 rings (SSSR count). The second kappa shape index (κ2) is 9.66. The molecule has 0 saturated carbocycles. The lowest BCUT2D eigenvalue weighted by Gasteiger charge is -2.25. The molecule has 2 aromatic carbocycles. The van der Waals surface area contributed by atoms with Gasteiger partial charge in [-0.05, 0) is 17.2 Å². The van der Waals surface area contributed by atoms with Crippen LogP contribution in [0.4, 0.5) is 13.2 Å². The number of aromatic nitrogens is 2. The van der Waals surface area contributed by atoms with E-state index in [0.29, 0.717) is 47.6 Å². The Labute approximate surface area is 205 Å². The van der Waals surface area contributed by atoms with Crippen molar-refractivity contribution in [1.82, 2.24) is 14.3 Å². The fourth-order valence-corrected chi connectivity index (χ4v) is 4.47. The van der Waals surface area contributed by atoms with Crippen molar-refractivity contribution in [2.75, 3.05) is 13.7 Å². The molecule has 0 spiro atoms. The summed E-state index contributed by atoms with van der Waals surface area (Å²) in [6, 6.07) is 15.2. The van der Waals surface area contributed by atoms with Crippen LogP contribution < -0.4 is 4.74 Å². The number of halogens is 3. The van der Waals surface area contributed by atoms with Gasteiger partial charge >= 0.3 is 6.61 Å². The molecule has 0 N–H and O–H groups in total. The van der Waals surface area contributed by atoms with Crippen molar-refractivity contribution in [3.63, 3.8) is 0 Å². The van der Waals surface area contributed by atoms with Crippen LogP contribution >= 0.6 is 0 Å². The summed E-state index contributed by atoms with van der Waals surface area (Å²) < 4.78 is 53.8. The minimum Gasteiger partial charge on any atom is -0.434 e. The number of para-hydroxylation sites is 1. The van der Waals surface area contributed by atoms with Gasteiger partial charge in [0.15, 0.2) is 0 Å². The molecule has 0 radical (unpaired) electrons. The molecule has 9 heteroatoms. The zero-order valence-electron chi connectivity index (χ0n) is 19.7. The number of benzene rings is 2. The third-order valence-corrected chi connectivity index (χ3v) is 6.33. The Balaban J connectivity index is 1.56. The van der Waals surface area contributed by atoms with E-state index in [4.69, 9.17) is 9.47 Å². The Morgan fingerprint density at radius 3 is 2.69 bits per heavy atom. The number of carbonyl (C=O) groups is 1. The van der Waals surface area contributed by atoms with Gasteiger partial charge in [0, 0.05) is 50.3 Å². The minimum atomic E-state index is -2.98. The first-order valence-corrected chi connectivity index (χ1v) is 11.5. The zero-order chi connectivity index (χ0) is 25.4. The van der Waals surface area contributed by atoms with Gasteiger partial charge < -0.3 is 14.4 Å². The maximum Gasteiger partial charge on any atom is 0.387 e. The van der Waals surface area contributed by atoms with E-state index in [9.17, 15) is 13.6 Å². The minimum absolute atomic E-state index is 0.0220. The molecule has 2 aromatic heterocycles. The predicted octanol–water partition coefficient (Wildman–Crippen LogP) is 5.38. The number of amides is 1. The molecular formula is C27H24F3N3O3. The average Bonchev–Trinajstić information content (AvgIpc) is 3.21. The normalized spacial score (nSPS) is 15.2. The van der Waals surface area contributed by atoms with Crippen LogP contribution in [0.25, 0.3) is 16.8 Å². The summed E-state index contributed by atoms with van der Waals surface area (Å²) in [5, 5.41) is 0. The highest BCUT2D eigenvalue weighted by molar-refractivity contribution is 5.73. The van der Waals surface area contributed by atoms with Crippen molar-refractivity contribution in [1.29, 1.82) is 0 Å². The van der Waals surface area contributed by atoms with Crippen molar-refractivity contribution < 1.29 is 27.4 Å². The lowest BCUT2D eigenvalue weighted by Crippen LogP contribution is -2.22. The lowest BCUT2D eigenvalue weighted by molar-refractivity contribution is -0.128. The first kappa shape index (κ1) is 23.9. The summed E-state index contributed by atoms with van der Waals surface area (Å²) in [7, 11) is 1.72. The van der Waals surface area contributed by atoms with E-state index in [0.717, 1.165) is 11.3 Å². The molecule has 1 aliphatic rings. The molecule has 0 saturated heterocycles. The molecule has 0 aliphatic carbocycles. The van der Waals surface area contributed by atoms with Crippen molar-refractivity contribution in [3.8, 4) is 16.9 Å². The number of rotatable bonds is 6. The molecule has 36 heavy (non-hydrogen) atoms. The predicted molar refractivity (Wildman–Crippen MR) is 127 cm³/mol. The Hall–Kier alpha value is -3.85. The van der Waals surface area contributed by atoms with E-state index < -0.39 is 18.5 Å². The molecule has 0 fully saturated rings. The van der Waals surface area contributed by atoms with E-state index >= 15 is 4.39 Å². The third-order valence-electron chi connectivity index (χ3n) is 6.33. The molecule has 6 nitrogen and oxygen atoms in total. The summed E-state index contributed by atoms with van der Waals surface area (Å²) in [5.74, 6) is -0.455. The number of carbonyl (C=O) groups excluding carboxylic acids is 1. The van der Waals surface area contributed by atoms with Crippen molar-refractivity contribution in [2.24, 2.45) is 0 Å². The average molecular weight is 496 g/mol. The molecule has 186 valence electrons. The molecule has 1 amide bonds. The zero-order valence-corrected chi connectivity index (χ0v) is 19.7. The van der Waals surface area contributed by atoms with Crippen LogP contribution in [0.5, 0.6) is 5.75 Å². The SMILES string of the molecule is CC(=O)N(C)Cc1ccc(-c2cn3c4c(nc3cc2F)CCO[C@@H]4c2ccccc2OC(F)F)cc1. The number of alkyl halides is 2. The molecule has 3 heterocycles. The van der Waals surface area contributed by atoms with Crippen LogP contribution in [-0.2, 0) is 22.5 Å². The molecule has 1 aliphatic heterocycles. The highest BCUT2D eigenvalue weighted by Crippen LogP contribution is 2.39. The summed E-state index contributed by atoms with van der Waals surface area (Å²) >= 11 is 0. The lowest BCUT2D eigenvalue weighted by atomic mass is 10.0. The molecule has 1 atom stereocenters. The van der Waals surface area contributed by atoms with Crippen LogP contribution in [0.2, 0.25) is 0 Å². The van der Waals surface area contributed by atoms with Crippen LogP contribution in [0.1, 0.15) is 35.5 Å². The van der Waals surface area contributed by atoms with E-state index in [-0.39, 0.29) is 11.7 Å². The highest BCUT2D eigenvalue weighted by Gasteiger charge is 2.31. The Morgan fingerprint density at radius 1 is 1.22 bits per heavy atom. The van der Waals surface area contributed by atoms with E-state index in [1.807, 2.05) is 12.1 Å². The number of pyridine rings is 1. The fraction of sp³-hybridized carbons (Fsp3) is 0.259. The molecule has 0 bridgehead atoms. The second-order valence-electron chi connectivity index (χ2n) is 8.70. The number of hydrogen-bond donors (Lipinski definition) is 0. The molecule has 0 unspecified atom stereocenters. The fourth-order valence-electron chi connectivity index (χ4n) is 4.47. The quantitative estimate of drug-likeness (QED) is 0.360. The van der Waals surface area contributed by atoms with E-state index in [1.165, 1.54) is 19.1 Å². The van der Waals surface area contributed by atoms with Gasteiger partial charge in [0.1, 0.15) is 23.3 Å². The van der Waals surface area contributed by atoms with Crippen LogP contribution in [0.3, 0.4) is 0 Å². The topological polar surface area (TPSA) is 56.1 Å². The number of hydrogen-bond acceptors (Lipinski definition) is 4. The number of fused-ring (bicyclic) bond motifs is 3. The third kappa shape index (κ3) is 4.54. The van der Waals surface area contributed by atoms with Gasteiger partial charge in [-0.3, -0.25) is 9.20 Å². The van der Waals surface area contributed by atoms with Gasteiger partial charge in [0.2, 0.25) is 5.91 Å². The van der Waals surface area contributed by atoms with E-state index in [1.54, 1.807) is 52.9 Å². The molecule has 4 aromatic rings. The number of imidazole rings is 1. The van der Waals surface area contributed by atoms with Crippen LogP contribution in [0.15, 0.2) is 60.8 Å². The largest absolute Gasteiger partial charge is 0.434 e. The van der Waals surface area contributed by atoms with Crippen molar-refractivity contribution in [2.45, 2.75) is 32.6 Å². The van der Waals surface area contributed by atoms with Crippen LogP contribution in [0, 0.1) is 5.82 Å². The summed E-state index contributed by atoms with van der Waals surface area (Å²) in [6.45, 7) is -0.684.